The number of aromatic nitrogens is 2. The van der Waals surface area contributed by atoms with Crippen LogP contribution in [-0.2, 0) is 17.1 Å². The Kier molecular flexibility index (Phi) is 12.9. The van der Waals surface area contributed by atoms with Gasteiger partial charge in [-0.3, -0.25) is 9.78 Å². The molecule has 3 rings (SSSR count). The molecule has 1 amide bonds. The molecule has 1 fully saturated rings. The molecule has 1 aliphatic rings. The van der Waals surface area contributed by atoms with Gasteiger partial charge in [-0.05, 0) is 24.3 Å². The van der Waals surface area contributed by atoms with Crippen LogP contribution < -0.4 is 11.4 Å². The van der Waals surface area contributed by atoms with Crippen molar-refractivity contribution in [3.63, 3.8) is 0 Å². The number of nitrogens with one attached hydrogen (secondary N) is 1. The molecule has 0 spiro atoms. The maximum Gasteiger partial charge on any atom is 0.416 e. The number of anilines is 1. The lowest BCUT2D eigenvalue weighted by atomic mass is 10.0. The number of halogens is 6. The van der Waals surface area contributed by atoms with Crippen LogP contribution in [0.25, 0.3) is 0 Å². The summed E-state index contributed by atoms with van der Waals surface area (Å²) < 4.78 is 81.4. The third-order valence-corrected chi connectivity index (χ3v) is 3.83. The van der Waals surface area contributed by atoms with Gasteiger partial charge in [0.15, 0.2) is 0 Å². The number of aliphatic hydroxyl groups excluding tert-OH is 1. The first-order chi connectivity index (χ1) is 15.9. The van der Waals surface area contributed by atoms with Crippen LogP contribution >= 0.6 is 0 Å². The number of benzene rings is 1. The molecule has 0 radical (unpaired) electrons. The molecule has 8 nitrogen and oxygen atoms in total. The van der Waals surface area contributed by atoms with Crippen LogP contribution in [0.3, 0.4) is 0 Å². The maximum absolute atomic E-state index is 12.7. The molecule has 14 heteroatoms. The van der Waals surface area contributed by atoms with Crippen molar-refractivity contribution in [2.45, 2.75) is 26.2 Å². The van der Waals surface area contributed by atoms with Crippen molar-refractivity contribution in [1.82, 2.24) is 14.9 Å². The number of rotatable bonds is 1. The Labute approximate surface area is 191 Å². The van der Waals surface area contributed by atoms with Gasteiger partial charge in [0.2, 0.25) is 0 Å². The Bertz CT molecular complexity index is 909. The first kappa shape index (κ1) is 30.9. The third kappa shape index (κ3) is 10.2. The standard InChI is InChI=1S/C13H11F6NO2.C4H5N3O.C2H6.CH4O/c14-12(15,16)9-5-8(6-10(7-9)13(17,18)19)11(21)20-1-3-22-4-2-20;5-3-1-2-6-4(8)7-3;2*1-2/h5-7H,1-4H2;1-2H,(H3,5,6,7,8);1-2H3;2H,1H3. The number of H-pyrrole nitrogens is 1. The van der Waals surface area contributed by atoms with Crippen molar-refractivity contribution in [1.29, 1.82) is 0 Å². The van der Waals surface area contributed by atoms with E-state index in [-0.39, 0.29) is 32.4 Å². The van der Waals surface area contributed by atoms with Crippen molar-refractivity contribution < 1.29 is 41.0 Å². The van der Waals surface area contributed by atoms with E-state index in [0.717, 1.165) is 7.11 Å². The van der Waals surface area contributed by atoms with Gasteiger partial charge in [0.05, 0.1) is 24.3 Å². The number of hydrogen-bond donors (Lipinski definition) is 3. The third-order valence-electron chi connectivity index (χ3n) is 3.83. The highest BCUT2D eigenvalue weighted by Crippen LogP contribution is 2.36. The predicted octanol–water partition coefficient (Wildman–Crippen LogP) is 3.18. The van der Waals surface area contributed by atoms with Gasteiger partial charge in [-0.25, -0.2) is 9.78 Å². The van der Waals surface area contributed by atoms with Crippen molar-refractivity contribution >= 4 is 11.7 Å². The zero-order chi connectivity index (χ0) is 26.5. The number of alkyl halides is 6. The number of aliphatic hydroxyl groups is 1. The molecule has 0 aliphatic carbocycles. The molecular weight excluding hydrogens is 474 g/mol. The quantitative estimate of drug-likeness (QED) is 0.517. The number of amides is 1. The number of ether oxygens (including phenoxy) is 1. The van der Waals surface area contributed by atoms with E-state index in [1.54, 1.807) is 0 Å². The maximum atomic E-state index is 12.7. The summed E-state index contributed by atoms with van der Waals surface area (Å²) in [7, 11) is 1.00. The van der Waals surface area contributed by atoms with Crippen LogP contribution in [-0.4, -0.2) is 59.3 Å². The molecule has 2 aromatic rings. The van der Waals surface area contributed by atoms with Crippen LogP contribution in [0, 0.1) is 0 Å². The van der Waals surface area contributed by atoms with E-state index in [0.29, 0.717) is 18.0 Å². The molecule has 0 bridgehead atoms. The highest BCUT2D eigenvalue weighted by atomic mass is 19.4. The summed E-state index contributed by atoms with van der Waals surface area (Å²) in [6, 6.07) is 2.39. The molecule has 192 valence electrons. The van der Waals surface area contributed by atoms with Gasteiger partial charge in [-0.1, -0.05) is 13.8 Å². The van der Waals surface area contributed by atoms with Crippen molar-refractivity contribution in [2.24, 2.45) is 0 Å². The molecule has 1 aromatic heterocycles. The molecule has 4 N–H and O–H groups in total. The second kappa shape index (κ2) is 14.2. The molecular formula is C20H26F6N4O4. The largest absolute Gasteiger partial charge is 0.416 e. The molecule has 2 heterocycles. The Morgan fingerprint density at radius 2 is 1.50 bits per heavy atom. The minimum absolute atomic E-state index is 0.00387. The van der Waals surface area contributed by atoms with Crippen LogP contribution in [0.5, 0.6) is 0 Å². The van der Waals surface area contributed by atoms with Crippen molar-refractivity contribution in [2.75, 3.05) is 39.1 Å². The van der Waals surface area contributed by atoms with Gasteiger partial charge in [-0.2, -0.15) is 26.3 Å². The number of nitrogen functional groups attached to an aromatic ring is 1. The normalized spacial score (nSPS) is 13.3. The van der Waals surface area contributed by atoms with Crippen LogP contribution in [0.4, 0.5) is 32.2 Å². The Morgan fingerprint density at radius 1 is 1.03 bits per heavy atom. The lowest BCUT2D eigenvalue weighted by Gasteiger charge is -2.27. The van der Waals surface area contributed by atoms with E-state index in [1.165, 1.54) is 17.2 Å². The number of carbonyl (C=O) groups is 1. The topological polar surface area (TPSA) is 122 Å². The predicted molar refractivity (Wildman–Crippen MR) is 112 cm³/mol. The number of aromatic amines is 1. The molecule has 0 unspecified atom stereocenters. The summed E-state index contributed by atoms with van der Waals surface area (Å²) in [4.78, 5) is 29.1. The fourth-order valence-corrected chi connectivity index (χ4v) is 2.41. The molecule has 0 atom stereocenters. The van der Waals surface area contributed by atoms with E-state index in [4.69, 9.17) is 15.6 Å². The van der Waals surface area contributed by atoms with E-state index >= 15 is 0 Å². The highest BCUT2D eigenvalue weighted by Gasteiger charge is 2.38. The van der Waals surface area contributed by atoms with Gasteiger partial charge in [0.1, 0.15) is 5.82 Å². The number of morpholine rings is 1. The van der Waals surface area contributed by atoms with E-state index in [9.17, 15) is 35.9 Å². The Hall–Kier alpha value is -3.13. The highest BCUT2D eigenvalue weighted by molar-refractivity contribution is 5.94. The zero-order valence-corrected chi connectivity index (χ0v) is 18.6. The summed E-state index contributed by atoms with van der Waals surface area (Å²) in [5.74, 6) is -0.537. The van der Waals surface area contributed by atoms with E-state index in [2.05, 4.69) is 9.97 Å². The fourth-order valence-electron chi connectivity index (χ4n) is 2.41. The second-order valence-corrected chi connectivity index (χ2v) is 6.03. The lowest BCUT2D eigenvalue weighted by molar-refractivity contribution is -0.143. The van der Waals surface area contributed by atoms with Gasteiger partial charge in [0.25, 0.3) is 5.91 Å². The van der Waals surface area contributed by atoms with Gasteiger partial charge in [-0.15, -0.1) is 0 Å². The number of nitrogens with two attached hydrogens (primary N) is 1. The van der Waals surface area contributed by atoms with E-state index < -0.39 is 40.6 Å². The Morgan fingerprint density at radius 3 is 1.85 bits per heavy atom. The summed E-state index contributed by atoms with van der Waals surface area (Å²) in [5, 5.41) is 7.00. The molecule has 1 aromatic carbocycles. The van der Waals surface area contributed by atoms with Gasteiger partial charge < -0.3 is 20.5 Å². The average Bonchev–Trinajstić information content (AvgIpc) is 2.80. The monoisotopic (exact) mass is 500 g/mol. The SMILES string of the molecule is CC.CO.Nc1ccnc(=O)[nH]1.O=C(c1cc(C(F)(F)F)cc(C(F)(F)F)c1)N1CCOCC1. The summed E-state index contributed by atoms with van der Waals surface area (Å²) >= 11 is 0. The summed E-state index contributed by atoms with van der Waals surface area (Å²) in [6.07, 6.45) is -8.59. The number of nitrogens with zero attached hydrogens (tertiary/aromatic N) is 2. The van der Waals surface area contributed by atoms with Crippen molar-refractivity contribution in [3.05, 3.63) is 57.6 Å². The first-order valence-electron chi connectivity index (χ1n) is 9.80. The minimum Gasteiger partial charge on any atom is -0.400 e. The average molecular weight is 500 g/mol. The van der Waals surface area contributed by atoms with E-state index in [1.807, 2.05) is 13.8 Å². The van der Waals surface area contributed by atoms with Crippen LogP contribution in [0.15, 0.2) is 35.3 Å². The molecule has 1 aliphatic heterocycles. The lowest BCUT2D eigenvalue weighted by Crippen LogP contribution is -2.40. The first-order valence-corrected chi connectivity index (χ1v) is 9.80. The molecule has 34 heavy (non-hydrogen) atoms. The van der Waals surface area contributed by atoms with Gasteiger partial charge >= 0.3 is 18.0 Å². The number of carbonyl (C=O) groups excluding carboxylic acids is 1. The van der Waals surface area contributed by atoms with Gasteiger partial charge in [0, 0.05) is 32.0 Å². The van der Waals surface area contributed by atoms with Crippen LogP contribution in [0.1, 0.15) is 35.3 Å². The van der Waals surface area contributed by atoms with Crippen molar-refractivity contribution in [3.8, 4) is 0 Å². The zero-order valence-electron chi connectivity index (χ0n) is 18.6. The summed E-state index contributed by atoms with van der Waals surface area (Å²) in [6.45, 7) is 4.63. The Balaban J connectivity index is 0.000000755. The minimum atomic E-state index is -4.97. The molecule has 1 saturated heterocycles. The fraction of sp³-hybridized carbons (Fsp3) is 0.450. The van der Waals surface area contributed by atoms with Crippen LogP contribution in [0.2, 0.25) is 0 Å². The summed E-state index contributed by atoms with van der Waals surface area (Å²) in [5.41, 5.74) is 1.11. The smallest absolute Gasteiger partial charge is 0.400 e. The second-order valence-electron chi connectivity index (χ2n) is 6.03. The molecule has 0 saturated carbocycles. The number of hydrogen-bond acceptors (Lipinski definition) is 6.